The molecule has 0 N–H and O–H groups in total. The van der Waals surface area contributed by atoms with Gasteiger partial charge in [0.25, 0.3) is 0 Å². The van der Waals surface area contributed by atoms with E-state index in [2.05, 4.69) is 19.1 Å². The third-order valence-corrected chi connectivity index (χ3v) is 2.01. The summed E-state index contributed by atoms with van der Waals surface area (Å²) >= 11 is 0. The molecule has 1 nitrogen and oxygen atoms in total. The van der Waals surface area contributed by atoms with Gasteiger partial charge in [-0.15, -0.1) is 0 Å². The smallest absolute Gasteiger partial charge is 0.159 e. The monoisotopic (exact) mass is 180 g/mol. The van der Waals surface area contributed by atoms with E-state index in [0.29, 0.717) is 0 Å². The van der Waals surface area contributed by atoms with Crippen LogP contribution in [0.4, 0.5) is 0 Å². The lowest BCUT2D eigenvalue weighted by Crippen LogP contribution is -2.02. The second-order valence-electron chi connectivity index (χ2n) is 2.83. The van der Waals surface area contributed by atoms with Gasteiger partial charge >= 0.3 is 0 Å². The maximum atomic E-state index is 11.1. The molecule has 0 heterocycles. The first kappa shape index (κ1) is 12.2. The Labute approximate surface area is 81.5 Å². The zero-order valence-electron chi connectivity index (χ0n) is 9.18. The molecule has 0 aromatic heterocycles. The predicted octanol–water partition coefficient (Wildman–Crippen LogP) is 3.66. The van der Waals surface area contributed by atoms with E-state index in [9.17, 15) is 4.79 Å². The van der Waals surface area contributed by atoms with Crippen LogP contribution in [0, 0.1) is 0 Å². The SMILES string of the molecule is CC.CCC1=CCCC=C1C(C)=O. The normalized spacial score (nSPS) is 15.1. The maximum absolute atomic E-state index is 11.1. The van der Waals surface area contributed by atoms with Crippen molar-refractivity contribution in [2.75, 3.05) is 0 Å². The van der Waals surface area contributed by atoms with Crippen molar-refractivity contribution in [1.29, 1.82) is 0 Å². The first-order valence-electron chi connectivity index (χ1n) is 5.16. The largest absolute Gasteiger partial charge is 0.295 e. The van der Waals surface area contributed by atoms with Crippen molar-refractivity contribution in [3.63, 3.8) is 0 Å². The minimum Gasteiger partial charge on any atom is -0.295 e. The van der Waals surface area contributed by atoms with E-state index in [-0.39, 0.29) is 5.78 Å². The molecule has 0 fully saturated rings. The molecule has 0 aromatic rings. The van der Waals surface area contributed by atoms with Gasteiger partial charge in [-0.1, -0.05) is 32.9 Å². The fourth-order valence-corrected chi connectivity index (χ4v) is 1.43. The van der Waals surface area contributed by atoms with Gasteiger partial charge in [-0.25, -0.2) is 0 Å². The van der Waals surface area contributed by atoms with Crippen molar-refractivity contribution >= 4 is 5.78 Å². The topological polar surface area (TPSA) is 17.1 Å². The Balaban J connectivity index is 0.000000671. The summed E-state index contributed by atoms with van der Waals surface area (Å²) in [5.74, 6) is 0.206. The zero-order chi connectivity index (χ0) is 10.3. The van der Waals surface area contributed by atoms with Crippen LogP contribution in [0.2, 0.25) is 0 Å². The van der Waals surface area contributed by atoms with Gasteiger partial charge in [0.1, 0.15) is 0 Å². The summed E-state index contributed by atoms with van der Waals surface area (Å²) in [5.41, 5.74) is 2.17. The number of carbonyl (C=O) groups is 1. The van der Waals surface area contributed by atoms with Gasteiger partial charge in [-0.3, -0.25) is 4.79 Å². The standard InChI is InChI=1S/C10H14O.C2H6/c1-3-9-6-4-5-7-10(9)8(2)11;1-2/h6-7H,3-5H2,1-2H3;1-2H3. The summed E-state index contributed by atoms with van der Waals surface area (Å²) < 4.78 is 0. The maximum Gasteiger partial charge on any atom is 0.159 e. The highest BCUT2D eigenvalue weighted by Crippen LogP contribution is 2.21. The van der Waals surface area contributed by atoms with Gasteiger partial charge in [0.05, 0.1) is 0 Å². The van der Waals surface area contributed by atoms with Crippen LogP contribution in [0.1, 0.15) is 47.0 Å². The van der Waals surface area contributed by atoms with Gasteiger partial charge < -0.3 is 0 Å². The summed E-state index contributed by atoms with van der Waals surface area (Å²) in [6.07, 6.45) is 7.34. The van der Waals surface area contributed by atoms with Crippen LogP contribution in [-0.2, 0) is 4.79 Å². The second kappa shape index (κ2) is 6.64. The van der Waals surface area contributed by atoms with Crippen molar-refractivity contribution in [3.05, 3.63) is 23.3 Å². The van der Waals surface area contributed by atoms with E-state index in [1.165, 1.54) is 5.57 Å². The van der Waals surface area contributed by atoms with Crippen molar-refractivity contribution in [3.8, 4) is 0 Å². The number of Topliss-reactive ketones (excluding diaryl/α,β-unsaturated/α-hetero) is 1. The molecule has 0 radical (unpaired) electrons. The lowest BCUT2D eigenvalue weighted by Gasteiger charge is -2.11. The zero-order valence-corrected chi connectivity index (χ0v) is 9.18. The molecule has 1 rings (SSSR count). The number of hydrogen-bond donors (Lipinski definition) is 0. The molecule has 0 aliphatic heterocycles. The minimum atomic E-state index is 0.206. The van der Waals surface area contributed by atoms with Gasteiger partial charge in [0.15, 0.2) is 5.78 Å². The lowest BCUT2D eigenvalue weighted by atomic mass is 9.93. The summed E-state index contributed by atoms with van der Waals surface area (Å²) in [5, 5.41) is 0. The molecule has 1 aliphatic carbocycles. The molecular weight excluding hydrogens is 160 g/mol. The Morgan fingerprint density at radius 3 is 2.23 bits per heavy atom. The molecule has 0 spiro atoms. The van der Waals surface area contributed by atoms with E-state index >= 15 is 0 Å². The van der Waals surface area contributed by atoms with E-state index < -0.39 is 0 Å². The van der Waals surface area contributed by atoms with Crippen LogP contribution in [0.25, 0.3) is 0 Å². The summed E-state index contributed by atoms with van der Waals surface area (Å²) in [6, 6.07) is 0. The first-order valence-corrected chi connectivity index (χ1v) is 5.16. The van der Waals surface area contributed by atoms with Crippen molar-refractivity contribution in [2.24, 2.45) is 0 Å². The lowest BCUT2D eigenvalue weighted by molar-refractivity contribution is -0.113. The molecule has 0 atom stereocenters. The van der Waals surface area contributed by atoms with Crippen LogP contribution in [0.5, 0.6) is 0 Å². The Morgan fingerprint density at radius 1 is 1.31 bits per heavy atom. The van der Waals surface area contributed by atoms with Crippen molar-refractivity contribution in [2.45, 2.75) is 47.0 Å². The van der Waals surface area contributed by atoms with Crippen LogP contribution in [-0.4, -0.2) is 5.78 Å². The molecule has 1 heteroatoms. The summed E-state index contributed by atoms with van der Waals surface area (Å²) in [4.78, 5) is 11.1. The molecule has 13 heavy (non-hydrogen) atoms. The van der Waals surface area contributed by atoms with Crippen molar-refractivity contribution < 1.29 is 4.79 Å². The van der Waals surface area contributed by atoms with Crippen LogP contribution in [0.15, 0.2) is 23.3 Å². The molecular formula is C12H20O. The average Bonchev–Trinajstić information content (AvgIpc) is 2.20. The molecule has 0 unspecified atom stereocenters. The number of hydrogen-bond acceptors (Lipinski definition) is 1. The van der Waals surface area contributed by atoms with Gasteiger partial charge in [0, 0.05) is 5.57 Å². The molecule has 0 bridgehead atoms. The number of carbonyl (C=O) groups excluding carboxylic acids is 1. The highest BCUT2D eigenvalue weighted by atomic mass is 16.1. The third kappa shape index (κ3) is 3.58. The Bertz CT molecular complexity index is 221. The molecule has 0 saturated heterocycles. The van der Waals surface area contributed by atoms with E-state index in [1.54, 1.807) is 6.92 Å². The molecule has 0 amide bonds. The van der Waals surface area contributed by atoms with E-state index in [4.69, 9.17) is 0 Å². The van der Waals surface area contributed by atoms with Gasteiger partial charge in [-0.05, 0) is 31.8 Å². The first-order chi connectivity index (χ1) is 6.25. The Morgan fingerprint density at radius 2 is 1.85 bits per heavy atom. The van der Waals surface area contributed by atoms with Gasteiger partial charge in [-0.2, -0.15) is 0 Å². The fraction of sp³-hybridized carbons (Fsp3) is 0.583. The number of allylic oxidation sites excluding steroid dienone is 4. The molecule has 74 valence electrons. The highest BCUT2D eigenvalue weighted by Gasteiger charge is 2.10. The number of rotatable bonds is 2. The Hall–Kier alpha value is -0.850. The van der Waals surface area contributed by atoms with Gasteiger partial charge in [0.2, 0.25) is 0 Å². The van der Waals surface area contributed by atoms with Crippen molar-refractivity contribution in [1.82, 2.24) is 0 Å². The second-order valence-corrected chi connectivity index (χ2v) is 2.83. The Kier molecular flexibility index (Phi) is 6.21. The average molecular weight is 180 g/mol. The predicted molar refractivity (Wildman–Crippen MR) is 57.7 cm³/mol. The van der Waals surface area contributed by atoms with Crippen LogP contribution in [0.3, 0.4) is 0 Å². The quantitative estimate of drug-likeness (QED) is 0.634. The summed E-state index contributed by atoms with van der Waals surface area (Å²) in [6.45, 7) is 7.73. The third-order valence-electron chi connectivity index (χ3n) is 2.01. The fourth-order valence-electron chi connectivity index (χ4n) is 1.43. The van der Waals surface area contributed by atoms with E-state index in [0.717, 1.165) is 24.8 Å². The molecule has 1 aliphatic rings. The summed E-state index contributed by atoms with van der Waals surface area (Å²) in [7, 11) is 0. The highest BCUT2D eigenvalue weighted by molar-refractivity contribution is 5.97. The number of ketones is 1. The minimum absolute atomic E-state index is 0.206. The van der Waals surface area contributed by atoms with E-state index in [1.807, 2.05) is 13.8 Å². The van der Waals surface area contributed by atoms with Crippen LogP contribution >= 0.6 is 0 Å². The molecule has 0 saturated carbocycles. The van der Waals surface area contributed by atoms with Crippen LogP contribution < -0.4 is 0 Å². The molecule has 0 aromatic carbocycles.